The fraction of sp³-hybridized carbons (Fsp3) is 0.647. The highest BCUT2D eigenvalue weighted by Gasteiger charge is 2.45. The van der Waals surface area contributed by atoms with Crippen LogP contribution in [0.15, 0.2) is 24.3 Å². The van der Waals surface area contributed by atoms with Crippen molar-refractivity contribution in [3.05, 3.63) is 30.0 Å². The van der Waals surface area contributed by atoms with Gasteiger partial charge in [-0.25, -0.2) is 14.0 Å². The van der Waals surface area contributed by atoms with Crippen LogP contribution in [0.1, 0.15) is 95.0 Å². The predicted molar refractivity (Wildman–Crippen MR) is 166 cm³/mol. The standard InChI is InChI=1S/C34H45FN4O6/c1-34(2)39-27-15-14-24(17-23(27)18-28(39)32(42)45-34)36-30(40)29-25(20-7-4-3-5-8-20)9-6-16-38(29)31(41)22-12-10-21(11-13-22)26(19-35)37-33(43)44/h14-15,17-18,20-22,25-26,29,37H,3-13,16,19H2,1-2H3,(H,36,40)(H,43,44)/t21-,22-,25-,26+,29-/m0/s1. The van der Waals surface area contributed by atoms with E-state index in [2.05, 4.69) is 10.6 Å². The summed E-state index contributed by atoms with van der Waals surface area (Å²) in [5.41, 5.74) is 1.14. The van der Waals surface area contributed by atoms with Gasteiger partial charge in [0.2, 0.25) is 11.8 Å². The lowest BCUT2D eigenvalue weighted by Gasteiger charge is -2.46. The van der Waals surface area contributed by atoms with Crippen molar-refractivity contribution in [2.45, 2.75) is 102 Å². The van der Waals surface area contributed by atoms with Gasteiger partial charge in [0.25, 0.3) is 0 Å². The van der Waals surface area contributed by atoms with E-state index in [0.717, 1.165) is 49.4 Å². The molecule has 6 rings (SSSR count). The number of amides is 3. The average Bonchev–Trinajstić information content (AvgIpc) is 3.53. The van der Waals surface area contributed by atoms with Crippen molar-refractivity contribution in [3.63, 3.8) is 0 Å². The van der Waals surface area contributed by atoms with Crippen LogP contribution in [-0.4, -0.2) is 63.8 Å². The molecule has 2 saturated carbocycles. The monoisotopic (exact) mass is 624 g/mol. The quantitative estimate of drug-likeness (QED) is 0.322. The molecule has 0 bridgehead atoms. The number of hydrogen-bond donors (Lipinski definition) is 3. The van der Waals surface area contributed by atoms with Gasteiger partial charge in [0.1, 0.15) is 18.4 Å². The molecule has 3 atom stereocenters. The van der Waals surface area contributed by atoms with Crippen LogP contribution in [0.25, 0.3) is 10.9 Å². The van der Waals surface area contributed by atoms with E-state index >= 15 is 0 Å². The van der Waals surface area contributed by atoms with Gasteiger partial charge in [-0.05, 0) is 94.4 Å². The molecule has 2 aromatic rings. The number of fused-ring (bicyclic) bond motifs is 3. The van der Waals surface area contributed by atoms with Crippen LogP contribution < -0.4 is 10.6 Å². The highest BCUT2D eigenvalue weighted by Crippen LogP contribution is 2.41. The zero-order chi connectivity index (χ0) is 31.9. The van der Waals surface area contributed by atoms with Crippen LogP contribution in [0.2, 0.25) is 0 Å². The Balaban J connectivity index is 1.22. The minimum absolute atomic E-state index is 0.0165. The van der Waals surface area contributed by atoms with Crippen molar-refractivity contribution in [3.8, 4) is 0 Å². The summed E-state index contributed by atoms with van der Waals surface area (Å²) in [7, 11) is 0. The molecule has 45 heavy (non-hydrogen) atoms. The first-order chi connectivity index (χ1) is 21.6. The molecular weight excluding hydrogens is 579 g/mol. The third-order valence-corrected chi connectivity index (χ3v) is 10.8. The molecule has 2 aliphatic carbocycles. The highest BCUT2D eigenvalue weighted by molar-refractivity contribution is 6.02. The van der Waals surface area contributed by atoms with Crippen LogP contribution in [0.3, 0.4) is 0 Å². The number of aromatic nitrogens is 1. The average molecular weight is 625 g/mol. The Kier molecular flexibility index (Phi) is 8.81. The summed E-state index contributed by atoms with van der Waals surface area (Å²) < 4.78 is 21.0. The second-order valence-corrected chi connectivity index (χ2v) is 14.0. The van der Waals surface area contributed by atoms with Gasteiger partial charge in [0.05, 0.1) is 11.6 Å². The Bertz CT molecular complexity index is 1460. The van der Waals surface area contributed by atoms with E-state index in [9.17, 15) is 23.6 Å². The number of esters is 1. The van der Waals surface area contributed by atoms with E-state index in [1.807, 2.05) is 41.5 Å². The molecule has 0 unspecified atom stereocenters. The normalized spacial score (nSPS) is 27.4. The molecular formula is C34H45FN4O6. The molecule has 4 aliphatic rings. The van der Waals surface area contributed by atoms with E-state index < -0.39 is 30.6 Å². The molecule has 10 nitrogen and oxygen atoms in total. The van der Waals surface area contributed by atoms with Crippen LogP contribution in [-0.2, 0) is 20.1 Å². The van der Waals surface area contributed by atoms with Crippen LogP contribution in [0.5, 0.6) is 0 Å². The van der Waals surface area contributed by atoms with Crippen molar-refractivity contribution in [1.82, 2.24) is 14.8 Å². The number of rotatable bonds is 7. The Morgan fingerprint density at radius 1 is 1.02 bits per heavy atom. The first-order valence-electron chi connectivity index (χ1n) is 16.6. The van der Waals surface area contributed by atoms with Crippen molar-refractivity contribution in [2.24, 2.45) is 23.7 Å². The number of carbonyl (C=O) groups excluding carboxylic acids is 3. The van der Waals surface area contributed by atoms with Gasteiger partial charge in [-0.15, -0.1) is 0 Å². The molecule has 3 fully saturated rings. The lowest BCUT2D eigenvalue weighted by Crippen LogP contribution is -2.57. The maximum absolute atomic E-state index is 14.2. The Morgan fingerprint density at radius 3 is 2.44 bits per heavy atom. The number of ether oxygens (including phenoxy) is 1. The number of alkyl halides is 1. The smallest absolute Gasteiger partial charge is 0.404 e. The van der Waals surface area contributed by atoms with Crippen molar-refractivity contribution >= 4 is 40.5 Å². The summed E-state index contributed by atoms with van der Waals surface area (Å²) in [6, 6.07) is 6.05. The van der Waals surface area contributed by atoms with Crippen molar-refractivity contribution in [2.75, 3.05) is 18.5 Å². The zero-order valence-electron chi connectivity index (χ0n) is 26.2. The number of carboxylic acid groups (broad SMARTS) is 1. The lowest BCUT2D eigenvalue weighted by molar-refractivity contribution is -0.148. The summed E-state index contributed by atoms with van der Waals surface area (Å²) in [6.07, 6.45) is 8.37. The van der Waals surface area contributed by atoms with Gasteiger partial charge in [0.15, 0.2) is 5.72 Å². The second-order valence-electron chi connectivity index (χ2n) is 14.0. The number of cyclic esters (lactones) is 1. The number of likely N-dealkylation sites (tertiary alicyclic amines) is 1. The summed E-state index contributed by atoms with van der Waals surface area (Å²) in [4.78, 5) is 53.8. The number of anilines is 1. The van der Waals surface area contributed by atoms with E-state index in [1.54, 1.807) is 6.07 Å². The largest absolute Gasteiger partial charge is 0.465 e. The van der Waals surface area contributed by atoms with Crippen molar-refractivity contribution < 1.29 is 33.4 Å². The van der Waals surface area contributed by atoms with E-state index in [0.29, 0.717) is 49.5 Å². The van der Waals surface area contributed by atoms with Gasteiger partial charge in [-0.1, -0.05) is 32.1 Å². The maximum Gasteiger partial charge on any atom is 0.404 e. The summed E-state index contributed by atoms with van der Waals surface area (Å²) in [6.45, 7) is 3.44. The van der Waals surface area contributed by atoms with Crippen LogP contribution >= 0.6 is 0 Å². The van der Waals surface area contributed by atoms with Gasteiger partial charge in [-0.2, -0.15) is 0 Å². The fourth-order valence-electron chi connectivity index (χ4n) is 8.67. The Morgan fingerprint density at radius 2 is 1.76 bits per heavy atom. The van der Waals surface area contributed by atoms with Gasteiger partial charge in [-0.3, -0.25) is 14.2 Å². The van der Waals surface area contributed by atoms with E-state index in [-0.39, 0.29) is 35.5 Å². The molecule has 3 N–H and O–H groups in total. The topological polar surface area (TPSA) is 130 Å². The molecule has 2 aliphatic heterocycles. The number of hydrogen-bond acceptors (Lipinski definition) is 5. The molecule has 1 saturated heterocycles. The second kappa shape index (κ2) is 12.6. The molecule has 0 spiro atoms. The third kappa shape index (κ3) is 6.14. The van der Waals surface area contributed by atoms with Crippen LogP contribution in [0.4, 0.5) is 14.9 Å². The highest BCUT2D eigenvalue weighted by atomic mass is 19.1. The Labute approximate surface area is 263 Å². The van der Waals surface area contributed by atoms with E-state index in [4.69, 9.17) is 9.84 Å². The number of nitrogens with one attached hydrogen (secondary N) is 2. The molecule has 1 aromatic heterocycles. The number of piperidine rings is 1. The number of carbonyl (C=O) groups is 4. The SMILES string of the molecule is CC1(C)OC(=O)c2cc3cc(NC(=O)[C@@H]4[C@H](C5CCCCC5)CCCN4C(=O)[C@H]4CC[C@H]([C@@H](CF)NC(=O)O)CC4)ccc3n21. The molecule has 0 radical (unpaired) electrons. The molecule has 3 amide bonds. The van der Waals surface area contributed by atoms with Crippen LogP contribution in [0, 0.1) is 23.7 Å². The maximum atomic E-state index is 14.2. The molecule has 3 heterocycles. The fourth-order valence-corrected chi connectivity index (χ4v) is 8.67. The lowest BCUT2D eigenvalue weighted by atomic mass is 9.71. The summed E-state index contributed by atoms with van der Waals surface area (Å²) in [5, 5.41) is 15.3. The predicted octanol–water partition coefficient (Wildman–Crippen LogP) is 6.04. The minimum atomic E-state index is -1.24. The molecule has 11 heteroatoms. The first kappa shape index (κ1) is 31.4. The first-order valence-corrected chi connectivity index (χ1v) is 16.6. The number of benzene rings is 1. The molecule has 1 aromatic carbocycles. The summed E-state index contributed by atoms with van der Waals surface area (Å²) in [5.74, 6) is -0.524. The summed E-state index contributed by atoms with van der Waals surface area (Å²) >= 11 is 0. The zero-order valence-corrected chi connectivity index (χ0v) is 26.2. The van der Waals surface area contributed by atoms with Gasteiger partial charge >= 0.3 is 12.1 Å². The number of nitrogens with zero attached hydrogens (tertiary/aromatic N) is 2. The number of halogens is 1. The third-order valence-electron chi connectivity index (χ3n) is 10.8. The van der Waals surface area contributed by atoms with Crippen molar-refractivity contribution in [1.29, 1.82) is 0 Å². The Hall–Kier alpha value is -3.63. The van der Waals surface area contributed by atoms with Gasteiger partial charge in [0, 0.05) is 23.5 Å². The minimum Gasteiger partial charge on any atom is -0.465 e. The van der Waals surface area contributed by atoms with E-state index in [1.165, 1.54) is 6.42 Å². The van der Waals surface area contributed by atoms with Gasteiger partial charge < -0.3 is 25.4 Å². The molecule has 244 valence electrons.